The van der Waals surface area contributed by atoms with Crippen LogP contribution in [-0.4, -0.2) is 50.4 Å². The fraction of sp³-hybridized carbons (Fsp3) is 0.391. The fourth-order valence-electron chi connectivity index (χ4n) is 2.96. The maximum atomic E-state index is 13.6. The number of anilines is 2. The van der Waals surface area contributed by atoms with Crippen LogP contribution < -0.4 is 10.2 Å². The van der Waals surface area contributed by atoms with Gasteiger partial charge in [-0.15, -0.1) is 0 Å². The highest BCUT2D eigenvalue weighted by Crippen LogP contribution is 2.23. The number of rotatable bonds is 9. The summed E-state index contributed by atoms with van der Waals surface area (Å²) < 4.78 is 69.8. The lowest BCUT2D eigenvalue weighted by Gasteiger charge is -2.22. The molecule has 2 aromatic rings. The maximum Gasteiger partial charge on any atom is 0.490 e. The Bertz CT molecular complexity index is 1120. The Hall–Kier alpha value is -3.15. The lowest BCUT2D eigenvalue weighted by molar-refractivity contribution is -0.192. The summed E-state index contributed by atoms with van der Waals surface area (Å²) in [5.74, 6) is -4.43. The zero-order valence-electron chi connectivity index (χ0n) is 19.5. The Morgan fingerprint density at radius 3 is 2.11 bits per heavy atom. The predicted molar refractivity (Wildman–Crippen MR) is 126 cm³/mol. The molecule has 0 saturated heterocycles. The van der Waals surface area contributed by atoms with Crippen LogP contribution in [0, 0.1) is 12.7 Å². The minimum Gasteiger partial charge on any atom is -0.475 e. The van der Waals surface area contributed by atoms with Gasteiger partial charge in [-0.1, -0.05) is 18.2 Å². The van der Waals surface area contributed by atoms with Gasteiger partial charge in [0, 0.05) is 36.4 Å². The Morgan fingerprint density at radius 1 is 1.06 bits per heavy atom. The van der Waals surface area contributed by atoms with Crippen molar-refractivity contribution in [2.24, 2.45) is 0 Å². The monoisotopic (exact) mass is 520 g/mol. The van der Waals surface area contributed by atoms with E-state index in [0.717, 1.165) is 24.3 Å². The average Bonchev–Trinajstić information content (AvgIpc) is 2.76. The van der Waals surface area contributed by atoms with Gasteiger partial charge in [-0.3, -0.25) is 4.79 Å². The van der Waals surface area contributed by atoms with E-state index in [1.165, 1.54) is 18.2 Å². The predicted octanol–water partition coefficient (Wildman–Crippen LogP) is 4.56. The minimum absolute atomic E-state index is 0.116. The van der Waals surface area contributed by atoms with Gasteiger partial charge in [-0.2, -0.15) is 13.2 Å². The number of aryl methyl sites for hydroxylation is 1. The zero-order chi connectivity index (χ0) is 26.8. The Balaban J connectivity index is 0.000000762. The first kappa shape index (κ1) is 29.9. The molecule has 194 valence electrons. The van der Waals surface area contributed by atoms with Crippen LogP contribution in [-0.2, 0) is 25.2 Å². The number of carboxylic acids is 1. The Morgan fingerprint density at radius 2 is 1.63 bits per heavy atom. The highest BCUT2D eigenvalue weighted by atomic mass is 32.2. The SMILES string of the molecule is CCN(CC)c1ccc(NC(=O)CCS(=O)(=O)Cc2ccccc2F)c(C)c1.O=C(O)C(F)(F)F. The van der Waals surface area contributed by atoms with Gasteiger partial charge < -0.3 is 15.3 Å². The molecule has 0 aromatic heterocycles. The summed E-state index contributed by atoms with van der Waals surface area (Å²) in [4.78, 5) is 23.3. The van der Waals surface area contributed by atoms with Crippen molar-refractivity contribution in [3.05, 3.63) is 59.4 Å². The molecule has 0 aliphatic carbocycles. The molecule has 0 saturated carbocycles. The van der Waals surface area contributed by atoms with Crippen LogP contribution in [0.2, 0.25) is 0 Å². The van der Waals surface area contributed by atoms with Crippen molar-refractivity contribution in [3.8, 4) is 0 Å². The lowest BCUT2D eigenvalue weighted by Crippen LogP contribution is -2.22. The summed E-state index contributed by atoms with van der Waals surface area (Å²) in [5.41, 5.74) is 2.76. The number of carbonyl (C=O) groups is 2. The van der Waals surface area contributed by atoms with Crippen LogP contribution in [0.1, 0.15) is 31.4 Å². The third-order valence-electron chi connectivity index (χ3n) is 4.83. The second-order valence-electron chi connectivity index (χ2n) is 7.46. The van der Waals surface area contributed by atoms with Crippen molar-refractivity contribution < 1.29 is 40.7 Å². The molecular formula is C23H28F4N2O5S. The average molecular weight is 521 g/mol. The topological polar surface area (TPSA) is 104 Å². The lowest BCUT2D eigenvalue weighted by atomic mass is 10.1. The molecule has 0 unspecified atom stereocenters. The number of halogens is 4. The number of carbonyl (C=O) groups excluding carboxylic acids is 1. The molecule has 2 aromatic carbocycles. The Kier molecular flexibility index (Phi) is 11.2. The van der Waals surface area contributed by atoms with E-state index in [-0.39, 0.29) is 23.6 Å². The first-order chi connectivity index (χ1) is 16.2. The van der Waals surface area contributed by atoms with Gasteiger partial charge in [0.1, 0.15) is 5.82 Å². The van der Waals surface area contributed by atoms with Crippen molar-refractivity contribution in [1.29, 1.82) is 0 Å². The van der Waals surface area contributed by atoms with Gasteiger partial charge >= 0.3 is 12.1 Å². The van der Waals surface area contributed by atoms with Gasteiger partial charge in [0.05, 0.1) is 11.5 Å². The largest absolute Gasteiger partial charge is 0.490 e. The summed E-state index contributed by atoms with van der Waals surface area (Å²) in [6, 6.07) is 11.5. The van der Waals surface area contributed by atoms with E-state index < -0.39 is 33.6 Å². The quantitative estimate of drug-likeness (QED) is 0.470. The van der Waals surface area contributed by atoms with Gasteiger partial charge in [-0.25, -0.2) is 17.6 Å². The first-order valence-electron chi connectivity index (χ1n) is 10.6. The molecule has 0 bridgehead atoms. The number of amides is 1. The third-order valence-corrected chi connectivity index (χ3v) is 6.41. The second-order valence-corrected chi connectivity index (χ2v) is 9.64. The summed E-state index contributed by atoms with van der Waals surface area (Å²) in [6.45, 7) is 7.84. The fourth-order valence-corrected chi connectivity index (χ4v) is 4.31. The van der Waals surface area contributed by atoms with Crippen LogP contribution in [0.5, 0.6) is 0 Å². The van der Waals surface area contributed by atoms with E-state index in [2.05, 4.69) is 24.1 Å². The molecule has 0 aliphatic rings. The molecule has 7 nitrogen and oxygen atoms in total. The highest BCUT2D eigenvalue weighted by molar-refractivity contribution is 7.90. The summed E-state index contributed by atoms with van der Waals surface area (Å²) >= 11 is 0. The smallest absolute Gasteiger partial charge is 0.475 e. The number of nitrogens with one attached hydrogen (secondary N) is 1. The minimum atomic E-state index is -5.08. The van der Waals surface area contributed by atoms with Crippen LogP contribution in [0.4, 0.5) is 28.9 Å². The first-order valence-corrected chi connectivity index (χ1v) is 12.4. The summed E-state index contributed by atoms with van der Waals surface area (Å²) in [6.07, 6.45) is -5.26. The molecule has 35 heavy (non-hydrogen) atoms. The summed E-state index contributed by atoms with van der Waals surface area (Å²) in [5, 5.41) is 9.89. The maximum absolute atomic E-state index is 13.6. The number of hydrogen-bond acceptors (Lipinski definition) is 5. The standard InChI is InChI=1S/C21H27FN2O3S.C2HF3O2/c1-4-24(5-2)18-10-11-20(16(3)14-18)23-21(25)12-13-28(26,27)15-17-8-6-7-9-19(17)22;3-2(4,5)1(6)7/h6-11,14H,4-5,12-13,15H2,1-3H3,(H,23,25);(H,6,7). The number of aliphatic carboxylic acids is 1. The van der Waals surface area contributed by atoms with E-state index in [0.29, 0.717) is 5.69 Å². The summed E-state index contributed by atoms with van der Waals surface area (Å²) in [7, 11) is -3.59. The van der Waals surface area contributed by atoms with E-state index in [1.807, 2.05) is 25.1 Å². The molecule has 2 rings (SSSR count). The molecule has 12 heteroatoms. The van der Waals surface area contributed by atoms with Crippen LogP contribution in [0.3, 0.4) is 0 Å². The number of alkyl halides is 3. The van der Waals surface area contributed by atoms with Crippen molar-refractivity contribution in [2.75, 3.05) is 29.1 Å². The normalized spacial score (nSPS) is 11.3. The number of nitrogens with zero attached hydrogens (tertiary/aromatic N) is 1. The van der Waals surface area contributed by atoms with E-state index >= 15 is 0 Å². The second kappa shape index (κ2) is 13.1. The van der Waals surface area contributed by atoms with Crippen LogP contribution in [0.15, 0.2) is 42.5 Å². The van der Waals surface area contributed by atoms with Gasteiger partial charge in [-0.05, 0) is 50.6 Å². The molecule has 0 aliphatic heterocycles. The van der Waals surface area contributed by atoms with Gasteiger partial charge in [0.25, 0.3) is 0 Å². The number of sulfone groups is 1. The van der Waals surface area contributed by atoms with Gasteiger partial charge in [0.15, 0.2) is 9.84 Å². The van der Waals surface area contributed by atoms with Gasteiger partial charge in [0.2, 0.25) is 5.91 Å². The molecule has 0 atom stereocenters. The third kappa shape index (κ3) is 10.3. The number of benzene rings is 2. The van der Waals surface area contributed by atoms with E-state index in [1.54, 1.807) is 6.07 Å². The molecule has 0 radical (unpaired) electrons. The van der Waals surface area contributed by atoms with E-state index in [4.69, 9.17) is 9.90 Å². The molecule has 0 heterocycles. The molecule has 1 amide bonds. The molecule has 0 fully saturated rings. The number of carboxylic acid groups (broad SMARTS) is 1. The molecule has 0 spiro atoms. The van der Waals surface area contributed by atoms with Crippen LogP contribution >= 0.6 is 0 Å². The van der Waals surface area contributed by atoms with Crippen molar-refractivity contribution in [2.45, 2.75) is 39.1 Å². The van der Waals surface area contributed by atoms with Crippen LogP contribution in [0.25, 0.3) is 0 Å². The highest BCUT2D eigenvalue weighted by Gasteiger charge is 2.38. The Labute approximate surface area is 201 Å². The van der Waals surface area contributed by atoms with Crippen molar-refractivity contribution in [1.82, 2.24) is 0 Å². The molecular weight excluding hydrogens is 492 g/mol. The van der Waals surface area contributed by atoms with Crippen molar-refractivity contribution >= 4 is 33.1 Å². The zero-order valence-corrected chi connectivity index (χ0v) is 20.3. The van der Waals surface area contributed by atoms with E-state index in [9.17, 15) is 30.8 Å². The molecule has 2 N–H and O–H groups in total. The van der Waals surface area contributed by atoms with Crippen molar-refractivity contribution in [3.63, 3.8) is 0 Å². The number of hydrogen-bond donors (Lipinski definition) is 2.